The molecule has 0 saturated heterocycles. The van der Waals surface area contributed by atoms with Gasteiger partial charge in [0.2, 0.25) is 0 Å². The molecule has 0 fully saturated rings. The van der Waals surface area contributed by atoms with E-state index in [-0.39, 0.29) is 18.5 Å². The van der Waals surface area contributed by atoms with E-state index in [1.165, 1.54) is 0 Å². The van der Waals surface area contributed by atoms with Crippen molar-refractivity contribution in [3.8, 4) is 0 Å². The van der Waals surface area contributed by atoms with Crippen LogP contribution in [-0.4, -0.2) is 42.9 Å². The Morgan fingerprint density at radius 2 is 2.11 bits per heavy atom. The van der Waals surface area contributed by atoms with E-state index >= 15 is 0 Å². The van der Waals surface area contributed by atoms with Crippen molar-refractivity contribution in [3.05, 3.63) is 12.2 Å². The van der Waals surface area contributed by atoms with Crippen LogP contribution in [0.3, 0.4) is 0 Å². The minimum absolute atomic E-state index is 0.0457. The molecule has 1 unspecified atom stereocenters. The summed E-state index contributed by atoms with van der Waals surface area (Å²) < 4.78 is 5.23. The van der Waals surface area contributed by atoms with E-state index in [0.29, 0.717) is 32.6 Å². The standard InChI is InChI=1S/C13H24N2O4/c1-10(2)9-19-8-7-14-13(18)15-11(3)5-4-6-12(16)17/h11H,1,4-9H2,2-3H3,(H,16,17)(H2,14,15,18). The van der Waals surface area contributed by atoms with Gasteiger partial charge < -0.3 is 20.5 Å². The van der Waals surface area contributed by atoms with Gasteiger partial charge >= 0.3 is 12.0 Å². The van der Waals surface area contributed by atoms with E-state index in [1.807, 2.05) is 13.8 Å². The maximum Gasteiger partial charge on any atom is 0.315 e. The largest absolute Gasteiger partial charge is 0.481 e. The lowest BCUT2D eigenvalue weighted by atomic mass is 10.1. The zero-order valence-electron chi connectivity index (χ0n) is 11.7. The first-order valence-electron chi connectivity index (χ1n) is 6.40. The van der Waals surface area contributed by atoms with Crippen LogP contribution in [0.4, 0.5) is 4.79 Å². The molecular weight excluding hydrogens is 248 g/mol. The molecule has 19 heavy (non-hydrogen) atoms. The summed E-state index contributed by atoms with van der Waals surface area (Å²) in [7, 11) is 0. The third-order valence-electron chi connectivity index (χ3n) is 2.29. The van der Waals surface area contributed by atoms with Crippen molar-refractivity contribution in [2.45, 2.75) is 39.2 Å². The number of rotatable bonds is 10. The molecule has 0 aromatic rings. The number of carboxylic acid groups (broad SMARTS) is 1. The van der Waals surface area contributed by atoms with E-state index < -0.39 is 5.97 Å². The van der Waals surface area contributed by atoms with Crippen molar-refractivity contribution in [3.63, 3.8) is 0 Å². The first-order valence-corrected chi connectivity index (χ1v) is 6.40. The van der Waals surface area contributed by atoms with Gasteiger partial charge in [-0.1, -0.05) is 12.2 Å². The van der Waals surface area contributed by atoms with Crippen molar-refractivity contribution < 1.29 is 19.4 Å². The monoisotopic (exact) mass is 272 g/mol. The van der Waals surface area contributed by atoms with Crippen molar-refractivity contribution in [2.75, 3.05) is 19.8 Å². The van der Waals surface area contributed by atoms with E-state index in [9.17, 15) is 9.59 Å². The highest BCUT2D eigenvalue weighted by molar-refractivity contribution is 5.74. The molecule has 0 radical (unpaired) electrons. The van der Waals surface area contributed by atoms with Crippen LogP contribution in [0, 0.1) is 0 Å². The minimum atomic E-state index is -0.814. The van der Waals surface area contributed by atoms with Crippen LogP contribution in [0.1, 0.15) is 33.1 Å². The van der Waals surface area contributed by atoms with Crippen LogP contribution in [-0.2, 0) is 9.53 Å². The molecule has 0 aromatic heterocycles. The molecule has 1 atom stereocenters. The number of carboxylic acids is 1. The predicted octanol–water partition coefficient (Wildman–Crippen LogP) is 1.52. The first-order chi connectivity index (χ1) is 8.91. The topological polar surface area (TPSA) is 87.7 Å². The highest BCUT2D eigenvalue weighted by Crippen LogP contribution is 2.00. The highest BCUT2D eigenvalue weighted by atomic mass is 16.5. The molecule has 0 aliphatic carbocycles. The molecule has 0 aliphatic heterocycles. The molecule has 2 amide bonds. The fourth-order valence-corrected chi connectivity index (χ4v) is 1.39. The summed E-state index contributed by atoms with van der Waals surface area (Å²) in [6, 6.07) is -0.308. The summed E-state index contributed by atoms with van der Waals surface area (Å²) in [4.78, 5) is 21.8. The van der Waals surface area contributed by atoms with Gasteiger partial charge in [0.25, 0.3) is 0 Å². The quantitative estimate of drug-likeness (QED) is 0.415. The number of carbonyl (C=O) groups is 2. The van der Waals surface area contributed by atoms with Crippen LogP contribution in [0.2, 0.25) is 0 Å². The number of ether oxygens (including phenoxy) is 1. The smallest absolute Gasteiger partial charge is 0.315 e. The molecule has 0 bridgehead atoms. The van der Waals surface area contributed by atoms with E-state index in [0.717, 1.165) is 5.57 Å². The minimum Gasteiger partial charge on any atom is -0.481 e. The van der Waals surface area contributed by atoms with Crippen LogP contribution in [0.15, 0.2) is 12.2 Å². The second-order valence-electron chi connectivity index (χ2n) is 4.60. The van der Waals surface area contributed by atoms with Crippen molar-refractivity contribution in [2.24, 2.45) is 0 Å². The zero-order valence-corrected chi connectivity index (χ0v) is 11.7. The van der Waals surface area contributed by atoms with E-state index in [4.69, 9.17) is 9.84 Å². The Labute approximate surface area is 114 Å². The molecule has 0 rings (SSSR count). The van der Waals surface area contributed by atoms with Gasteiger partial charge in [0.15, 0.2) is 0 Å². The molecule has 110 valence electrons. The van der Waals surface area contributed by atoms with Gasteiger partial charge in [-0.25, -0.2) is 4.79 Å². The second-order valence-corrected chi connectivity index (χ2v) is 4.60. The number of hydrogen-bond acceptors (Lipinski definition) is 3. The number of carbonyl (C=O) groups excluding carboxylic acids is 1. The molecule has 0 saturated carbocycles. The first kappa shape index (κ1) is 17.4. The fraction of sp³-hybridized carbons (Fsp3) is 0.692. The Hall–Kier alpha value is -1.56. The average Bonchev–Trinajstić information content (AvgIpc) is 2.27. The SMILES string of the molecule is C=C(C)COCCNC(=O)NC(C)CCCC(=O)O. The van der Waals surface area contributed by atoms with Gasteiger partial charge in [0.1, 0.15) is 0 Å². The molecule has 0 heterocycles. The molecule has 6 heteroatoms. The van der Waals surface area contributed by atoms with Gasteiger partial charge in [-0.2, -0.15) is 0 Å². The average molecular weight is 272 g/mol. The summed E-state index contributed by atoms with van der Waals surface area (Å²) in [6.07, 6.45) is 1.33. The number of urea groups is 1. The Kier molecular flexibility index (Phi) is 9.52. The van der Waals surface area contributed by atoms with Crippen LogP contribution in [0.5, 0.6) is 0 Å². The normalized spacial score (nSPS) is 11.7. The van der Waals surface area contributed by atoms with Gasteiger partial charge in [0, 0.05) is 19.0 Å². The van der Waals surface area contributed by atoms with Crippen molar-refractivity contribution in [1.82, 2.24) is 10.6 Å². The van der Waals surface area contributed by atoms with Crippen LogP contribution < -0.4 is 10.6 Å². The van der Waals surface area contributed by atoms with Gasteiger partial charge in [-0.05, 0) is 26.7 Å². The lowest BCUT2D eigenvalue weighted by molar-refractivity contribution is -0.137. The highest BCUT2D eigenvalue weighted by Gasteiger charge is 2.07. The summed E-state index contributed by atoms with van der Waals surface area (Å²) in [6.45, 7) is 8.79. The Morgan fingerprint density at radius 1 is 1.42 bits per heavy atom. The van der Waals surface area contributed by atoms with E-state index in [2.05, 4.69) is 17.2 Å². The Balaban J connectivity index is 3.51. The van der Waals surface area contributed by atoms with Gasteiger partial charge in [-0.3, -0.25) is 4.79 Å². The lowest BCUT2D eigenvalue weighted by Crippen LogP contribution is -2.42. The van der Waals surface area contributed by atoms with Gasteiger partial charge in [0.05, 0.1) is 13.2 Å². The lowest BCUT2D eigenvalue weighted by Gasteiger charge is -2.14. The molecule has 3 N–H and O–H groups in total. The van der Waals surface area contributed by atoms with Crippen LogP contribution >= 0.6 is 0 Å². The molecule has 6 nitrogen and oxygen atoms in total. The summed E-state index contributed by atoms with van der Waals surface area (Å²) >= 11 is 0. The third kappa shape index (κ3) is 12.7. The maximum atomic E-state index is 11.4. The third-order valence-corrected chi connectivity index (χ3v) is 2.29. The Morgan fingerprint density at radius 3 is 2.68 bits per heavy atom. The maximum absolute atomic E-state index is 11.4. The molecule has 0 aromatic carbocycles. The Bertz CT molecular complexity index is 305. The fourth-order valence-electron chi connectivity index (χ4n) is 1.39. The summed E-state index contributed by atoms with van der Waals surface area (Å²) in [5.41, 5.74) is 0.941. The zero-order chi connectivity index (χ0) is 14.7. The van der Waals surface area contributed by atoms with Gasteiger partial charge in [-0.15, -0.1) is 0 Å². The molecular formula is C13H24N2O4. The number of nitrogens with one attached hydrogen (secondary N) is 2. The van der Waals surface area contributed by atoms with E-state index in [1.54, 1.807) is 0 Å². The second kappa shape index (κ2) is 10.4. The molecule has 0 aliphatic rings. The predicted molar refractivity (Wildman–Crippen MR) is 73.1 cm³/mol. The number of amides is 2. The van der Waals surface area contributed by atoms with Crippen LogP contribution in [0.25, 0.3) is 0 Å². The number of aliphatic carboxylic acids is 1. The van der Waals surface area contributed by atoms with Crippen molar-refractivity contribution in [1.29, 1.82) is 0 Å². The summed E-state index contributed by atoms with van der Waals surface area (Å²) in [5, 5.41) is 13.9. The van der Waals surface area contributed by atoms with Crippen molar-refractivity contribution >= 4 is 12.0 Å². The number of hydrogen-bond donors (Lipinski definition) is 3. The molecule has 0 spiro atoms. The summed E-state index contributed by atoms with van der Waals surface area (Å²) in [5.74, 6) is -0.814.